The first-order valence-corrected chi connectivity index (χ1v) is 10.9. The molecule has 0 fully saturated rings. The van der Waals surface area contributed by atoms with Crippen LogP contribution in [-0.2, 0) is 19.1 Å². The van der Waals surface area contributed by atoms with E-state index in [0.29, 0.717) is 52.5 Å². The van der Waals surface area contributed by atoms with Crippen molar-refractivity contribution in [1.29, 1.82) is 0 Å². The Bertz CT molecular complexity index is 1010. The van der Waals surface area contributed by atoms with Gasteiger partial charge in [-0.1, -0.05) is 19.9 Å². The van der Waals surface area contributed by atoms with Crippen LogP contribution in [0.25, 0.3) is 0 Å². The number of allylic oxidation sites excluding steroid dienone is 3. The molecule has 3 rings (SSSR count). The smallest absolute Gasteiger partial charge is 0.336 e. The molecule has 8 nitrogen and oxygen atoms in total. The van der Waals surface area contributed by atoms with Gasteiger partial charge in [0, 0.05) is 36.1 Å². The average Bonchev–Trinajstić information content (AvgIpc) is 2.76. The first-order valence-electron chi connectivity index (χ1n) is 10.9. The van der Waals surface area contributed by atoms with Gasteiger partial charge in [0.25, 0.3) is 0 Å². The third kappa shape index (κ3) is 4.71. The maximum atomic E-state index is 13.5. The number of dihydropyridines is 1. The normalized spacial score (nSPS) is 19.6. The predicted molar refractivity (Wildman–Crippen MR) is 123 cm³/mol. The van der Waals surface area contributed by atoms with Gasteiger partial charge in [-0.15, -0.1) is 0 Å². The summed E-state index contributed by atoms with van der Waals surface area (Å²) in [6, 6.07) is 3.56. The molecule has 0 saturated heterocycles. The van der Waals surface area contributed by atoms with Gasteiger partial charge in [-0.3, -0.25) is 4.79 Å². The number of ether oxygens (including phenoxy) is 5. The number of hydrogen-bond acceptors (Lipinski definition) is 8. The number of esters is 1. The van der Waals surface area contributed by atoms with E-state index in [2.05, 4.69) is 19.2 Å². The van der Waals surface area contributed by atoms with E-state index < -0.39 is 11.9 Å². The Morgan fingerprint density at radius 3 is 2.33 bits per heavy atom. The zero-order valence-corrected chi connectivity index (χ0v) is 20.4. The second-order valence-electron chi connectivity index (χ2n) is 8.98. The van der Waals surface area contributed by atoms with Crippen molar-refractivity contribution in [2.45, 2.75) is 39.5 Å². The molecule has 2 aliphatic rings. The van der Waals surface area contributed by atoms with Gasteiger partial charge in [0.1, 0.15) is 6.61 Å². The van der Waals surface area contributed by atoms with E-state index in [9.17, 15) is 9.59 Å². The number of methoxy groups -OCH3 is 4. The molecule has 1 atom stereocenters. The van der Waals surface area contributed by atoms with E-state index in [1.807, 2.05) is 13.0 Å². The molecule has 0 bridgehead atoms. The third-order valence-electron chi connectivity index (χ3n) is 6.03. The summed E-state index contributed by atoms with van der Waals surface area (Å²) in [6.45, 7) is 6.33. The highest BCUT2D eigenvalue weighted by Gasteiger charge is 2.44. The molecular weight excluding hydrogens is 426 g/mol. The van der Waals surface area contributed by atoms with Crippen LogP contribution in [0.2, 0.25) is 0 Å². The topological polar surface area (TPSA) is 92.3 Å². The molecule has 0 aromatic heterocycles. The Hall–Kier alpha value is -3.00. The second kappa shape index (κ2) is 9.87. The SMILES string of the molecule is COCCOC(=O)C1=C(C)NC2=C(C(=O)CC(C)(C)C2)[C@H]1c1ccc(OC)c(OC)c1OC. The number of ketones is 1. The third-order valence-corrected chi connectivity index (χ3v) is 6.03. The Labute approximate surface area is 194 Å². The lowest BCUT2D eigenvalue weighted by molar-refractivity contribution is -0.140. The zero-order chi connectivity index (χ0) is 24.3. The minimum Gasteiger partial charge on any atom is -0.493 e. The van der Waals surface area contributed by atoms with E-state index >= 15 is 0 Å². The number of hydrogen-bond donors (Lipinski definition) is 1. The summed E-state index contributed by atoms with van der Waals surface area (Å²) in [5.74, 6) is 0.0972. The van der Waals surface area contributed by atoms with Gasteiger partial charge < -0.3 is 29.0 Å². The Balaban J connectivity index is 2.23. The zero-order valence-electron chi connectivity index (χ0n) is 20.4. The van der Waals surface area contributed by atoms with Crippen LogP contribution in [0.5, 0.6) is 17.2 Å². The highest BCUT2D eigenvalue weighted by Crippen LogP contribution is 2.51. The molecule has 0 unspecified atom stereocenters. The molecular formula is C25H33NO7. The van der Waals surface area contributed by atoms with Gasteiger partial charge in [0.15, 0.2) is 17.3 Å². The van der Waals surface area contributed by atoms with Gasteiger partial charge in [-0.05, 0) is 24.8 Å². The molecule has 0 spiro atoms. The molecule has 1 aromatic rings. The lowest BCUT2D eigenvalue weighted by Crippen LogP contribution is -2.39. The quantitative estimate of drug-likeness (QED) is 0.466. The lowest BCUT2D eigenvalue weighted by Gasteiger charge is -2.39. The van der Waals surface area contributed by atoms with Crippen LogP contribution in [0.1, 0.15) is 45.1 Å². The van der Waals surface area contributed by atoms with Crippen LogP contribution >= 0.6 is 0 Å². The number of Topliss-reactive ketones (excluding diaryl/α,β-unsaturated/α-hetero) is 1. The van der Waals surface area contributed by atoms with Crippen molar-refractivity contribution in [3.05, 3.63) is 40.2 Å². The van der Waals surface area contributed by atoms with Crippen LogP contribution in [-0.4, -0.2) is 53.4 Å². The van der Waals surface area contributed by atoms with E-state index in [1.54, 1.807) is 6.07 Å². The van der Waals surface area contributed by atoms with Gasteiger partial charge in [0.05, 0.1) is 39.4 Å². The van der Waals surface area contributed by atoms with Gasteiger partial charge in [-0.2, -0.15) is 0 Å². The van der Waals surface area contributed by atoms with Gasteiger partial charge in [-0.25, -0.2) is 4.79 Å². The van der Waals surface area contributed by atoms with E-state index in [0.717, 1.165) is 5.70 Å². The minimum absolute atomic E-state index is 0.00900. The van der Waals surface area contributed by atoms with Crippen molar-refractivity contribution in [3.63, 3.8) is 0 Å². The molecule has 0 amide bonds. The Kier molecular flexibility index (Phi) is 7.37. The maximum Gasteiger partial charge on any atom is 0.336 e. The number of nitrogens with one attached hydrogen (secondary N) is 1. The van der Waals surface area contributed by atoms with Gasteiger partial charge in [0.2, 0.25) is 5.75 Å². The number of carbonyl (C=O) groups is 2. The first-order chi connectivity index (χ1) is 15.7. The largest absolute Gasteiger partial charge is 0.493 e. The van der Waals surface area contributed by atoms with Crippen LogP contribution in [0, 0.1) is 5.41 Å². The van der Waals surface area contributed by atoms with Crippen molar-refractivity contribution in [2.24, 2.45) is 5.41 Å². The van der Waals surface area contributed by atoms with Crippen molar-refractivity contribution >= 4 is 11.8 Å². The maximum absolute atomic E-state index is 13.5. The summed E-state index contributed by atoms with van der Waals surface area (Å²) in [7, 11) is 6.12. The Morgan fingerprint density at radius 2 is 1.73 bits per heavy atom. The fraction of sp³-hybridized carbons (Fsp3) is 0.520. The van der Waals surface area contributed by atoms with Crippen molar-refractivity contribution < 1.29 is 33.3 Å². The van der Waals surface area contributed by atoms with E-state index in [1.165, 1.54) is 28.4 Å². The van der Waals surface area contributed by atoms with E-state index in [4.69, 9.17) is 23.7 Å². The fourth-order valence-corrected chi connectivity index (χ4v) is 4.66. The standard InChI is InChI=1S/C25H33NO7/c1-14-19(24(28)33-11-10-29-4)20(21-16(26-14)12-25(2,3)13-17(21)27)15-8-9-18(30-5)23(32-7)22(15)31-6/h8-9,20,26H,10-13H2,1-7H3/t20-/m0/s1. The highest BCUT2D eigenvalue weighted by molar-refractivity contribution is 6.04. The molecule has 1 aliphatic carbocycles. The fourth-order valence-electron chi connectivity index (χ4n) is 4.66. The summed E-state index contributed by atoms with van der Waals surface area (Å²) in [4.78, 5) is 26.7. The van der Waals surface area contributed by atoms with Crippen molar-refractivity contribution in [2.75, 3.05) is 41.7 Å². The molecule has 0 saturated carbocycles. The molecule has 0 radical (unpaired) electrons. The molecule has 1 aliphatic heterocycles. The van der Waals surface area contributed by atoms with Crippen LogP contribution in [0.15, 0.2) is 34.7 Å². The Morgan fingerprint density at radius 1 is 1.03 bits per heavy atom. The highest BCUT2D eigenvalue weighted by atomic mass is 16.6. The van der Waals surface area contributed by atoms with Crippen molar-refractivity contribution in [3.8, 4) is 17.2 Å². The van der Waals surface area contributed by atoms with Crippen molar-refractivity contribution in [1.82, 2.24) is 5.32 Å². The molecule has 1 heterocycles. The van der Waals surface area contributed by atoms with E-state index in [-0.39, 0.29) is 24.4 Å². The molecule has 33 heavy (non-hydrogen) atoms. The molecule has 8 heteroatoms. The number of benzene rings is 1. The van der Waals surface area contributed by atoms with Gasteiger partial charge >= 0.3 is 5.97 Å². The van der Waals surface area contributed by atoms with Crippen LogP contribution in [0.4, 0.5) is 0 Å². The summed E-state index contributed by atoms with van der Waals surface area (Å²) in [5, 5.41) is 3.32. The summed E-state index contributed by atoms with van der Waals surface area (Å²) < 4.78 is 27.2. The second-order valence-corrected chi connectivity index (χ2v) is 8.98. The van der Waals surface area contributed by atoms with Crippen LogP contribution in [0.3, 0.4) is 0 Å². The molecule has 1 N–H and O–H groups in total. The predicted octanol–water partition coefficient (Wildman–Crippen LogP) is 3.51. The average molecular weight is 460 g/mol. The van der Waals surface area contributed by atoms with Crippen LogP contribution < -0.4 is 19.5 Å². The molecule has 1 aromatic carbocycles. The monoisotopic (exact) mass is 459 g/mol. The summed E-state index contributed by atoms with van der Waals surface area (Å²) >= 11 is 0. The lowest BCUT2D eigenvalue weighted by atomic mass is 9.68. The molecule has 180 valence electrons. The summed E-state index contributed by atoms with van der Waals surface area (Å²) in [5.41, 5.74) is 2.83. The number of carbonyl (C=O) groups excluding carboxylic acids is 2. The summed E-state index contributed by atoms with van der Waals surface area (Å²) in [6.07, 6.45) is 1.06. The number of rotatable bonds is 8. The minimum atomic E-state index is -0.672. The first kappa shape index (κ1) is 24.6.